The first-order valence-corrected chi connectivity index (χ1v) is 7.38. The van der Waals surface area contributed by atoms with Crippen LogP contribution in [0.2, 0.25) is 0 Å². The van der Waals surface area contributed by atoms with Gasteiger partial charge < -0.3 is 9.64 Å². The van der Waals surface area contributed by atoms with Gasteiger partial charge in [0.15, 0.2) is 6.23 Å². The Morgan fingerprint density at radius 1 is 0.900 bits per heavy atom. The molecule has 0 aromatic heterocycles. The highest BCUT2D eigenvalue weighted by Gasteiger charge is 2.18. The summed E-state index contributed by atoms with van der Waals surface area (Å²) in [6.45, 7) is 5.30. The third-order valence-electron chi connectivity index (χ3n) is 3.33. The Morgan fingerprint density at radius 2 is 1.50 bits per heavy atom. The van der Waals surface area contributed by atoms with E-state index in [1.165, 1.54) is 5.69 Å². The van der Waals surface area contributed by atoms with Crippen LogP contribution in [0.1, 0.15) is 26.7 Å². The summed E-state index contributed by atoms with van der Waals surface area (Å²) >= 11 is 0. The fourth-order valence-corrected chi connectivity index (χ4v) is 2.35. The van der Waals surface area contributed by atoms with Crippen molar-refractivity contribution in [1.29, 1.82) is 0 Å². The zero-order chi connectivity index (χ0) is 14.2. The second-order valence-corrected chi connectivity index (χ2v) is 4.80. The van der Waals surface area contributed by atoms with E-state index in [-0.39, 0.29) is 6.23 Å². The maximum absolute atomic E-state index is 6.19. The van der Waals surface area contributed by atoms with Crippen molar-refractivity contribution in [3.05, 3.63) is 60.7 Å². The van der Waals surface area contributed by atoms with Crippen LogP contribution in [0, 0.1) is 0 Å². The van der Waals surface area contributed by atoms with E-state index in [4.69, 9.17) is 4.74 Å². The van der Waals surface area contributed by atoms with Crippen LogP contribution in [0.4, 0.5) is 5.69 Å². The molecule has 0 saturated heterocycles. The monoisotopic (exact) mass is 269 g/mol. The smallest absolute Gasteiger partial charge is 0.172 e. The minimum atomic E-state index is 0.0785. The number of rotatable bonds is 7. The summed E-state index contributed by atoms with van der Waals surface area (Å²) in [6, 6.07) is 20.5. The summed E-state index contributed by atoms with van der Waals surface area (Å²) in [7, 11) is 0. The molecular weight excluding hydrogens is 246 g/mol. The number of para-hydroxylation sites is 2. The summed E-state index contributed by atoms with van der Waals surface area (Å²) < 4.78 is 6.19. The molecule has 0 heterocycles. The van der Waals surface area contributed by atoms with Gasteiger partial charge in [-0.2, -0.15) is 0 Å². The molecule has 0 amide bonds. The molecule has 2 rings (SSSR count). The largest absolute Gasteiger partial charge is 0.471 e. The van der Waals surface area contributed by atoms with Crippen molar-refractivity contribution in [2.24, 2.45) is 0 Å². The number of hydrogen-bond acceptors (Lipinski definition) is 2. The van der Waals surface area contributed by atoms with Gasteiger partial charge in [-0.15, -0.1) is 0 Å². The van der Waals surface area contributed by atoms with Crippen molar-refractivity contribution in [1.82, 2.24) is 0 Å². The molecule has 0 bridgehead atoms. The highest BCUT2D eigenvalue weighted by molar-refractivity contribution is 5.46. The summed E-state index contributed by atoms with van der Waals surface area (Å²) in [5, 5.41) is 0. The number of anilines is 1. The molecule has 0 aliphatic rings. The van der Waals surface area contributed by atoms with Gasteiger partial charge in [0, 0.05) is 18.7 Å². The second-order valence-electron chi connectivity index (χ2n) is 4.80. The minimum Gasteiger partial charge on any atom is -0.471 e. The second kappa shape index (κ2) is 7.59. The van der Waals surface area contributed by atoms with E-state index < -0.39 is 0 Å². The maximum atomic E-state index is 6.19. The van der Waals surface area contributed by atoms with E-state index in [2.05, 4.69) is 43.0 Å². The topological polar surface area (TPSA) is 12.5 Å². The van der Waals surface area contributed by atoms with Gasteiger partial charge in [0.25, 0.3) is 0 Å². The van der Waals surface area contributed by atoms with Crippen LogP contribution in [0.3, 0.4) is 0 Å². The molecule has 0 aliphatic carbocycles. The first-order chi connectivity index (χ1) is 9.85. The van der Waals surface area contributed by atoms with Crippen LogP contribution in [0.5, 0.6) is 5.75 Å². The van der Waals surface area contributed by atoms with Crippen molar-refractivity contribution >= 4 is 5.69 Å². The van der Waals surface area contributed by atoms with Gasteiger partial charge in [-0.25, -0.2) is 0 Å². The zero-order valence-corrected chi connectivity index (χ0v) is 12.3. The lowest BCUT2D eigenvalue weighted by molar-refractivity contribution is 0.185. The van der Waals surface area contributed by atoms with Crippen LogP contribution in [0.25, 0.3) is 0 Å². The minimum absolute atomic E-state index is 0.0785. The number of hydrogen-bond donors (Lipinski definition) is 0. The molecule has 0 spiro atoms. The lowest BCUT2D eigenvalue weighted by Crippen LogP contribution is -2.39. The van der Waals surface area contributed by atoms with E-state index in [1.54, 1.807) is 0 Å². The van der Waals surface area contributed by atoms with Crippen LogP contribution in [-0.4, -0.2) is 12.8 Å². The lowest BCUT2D eigenvalue weighted by Gasteiger charge is -2.33. The average molecular weight is 269 g/mol. The Labute approximate surface area is 122 Å². The van der Waals surface area contributed by atoms with Crippen molar-refractivity contribution in [3.63, 3.8) is 0 Å². The SMILES string of the molecule is CCCC(Oc1ccccc1)N(CC)c1ccccc1. The van der Waals surface area contributed by atoms with E-state index in [0.717, 1.165) is 25.1 Å². The molecule has 0 saturated carbocycles. The molecule has 106 valence electrons. The fourth-order valence-electron chi connectivity index (χ4n) is 2.35. The molecular formula is C18H23NO. The highest BCUT2D eigenvalue weighted by atomic mass is 16.5. The third kappa shape index (κ3) is 3.77. The first kappa shape index (κ1) is 14.4. The quantitative estimate of drug-likeness (QED) is 0.674. The molecule has 1 atom stereocenters. The maximum Gasteiger partial charge on any atom is 0.172 e. The Morgan fingerprint density at radius 3 is 2.05 bits per heavy atom. The Bertz CT molecular complexity index is 483. The summed E-state index contributed by atoms with van der Waals surface area (Å²) in [4.78, 5) is 2.32. The van der Waals surface area contributed by atoms with Gasteiger partial charge in [0.05, 0.1) is 0 Å². The predicted octanol–water partition coefficient (Wildman–Crippen LogP) is 4.72. The van der Waals surface area contributed by atoms with E-state index in [9.17, 15) is 0 Å². The van der Waals surface area contributed by atoms with Gasteiger partial charge in [-0.3, -0.25) is 0 Å². The van der Waals surface area contributed by atoms with Crippen molar-refractivity contribution in [2.75, 3.05) is 11.4 Å². The first-order valence-electron chi connectivity index (χ1n) is 7.38. The standard InChI is InChI=1S/C18H23NO/c1-3-11-18(20-17-14-9-6-10-15-17)19(4-2)16-12-7-5-8-13-16/h5-10,12-15,18H,3-4,11H2,1-2H3. The van der Waals surface area contributed by atoms with Gasteiger partial charge >= 0.3 is 0 Å². The lowest BCUT2D eigenvalue weighted by atomic mass is 10.2. The van der Waals surface area contributed by atoms with Crippen LogP contribution in [-0.2, 0) is 0 Å². The number of benzene rings is 2. The van der Waals surface area contributed by atoms with Gasteiger partial charge in [-0.1, -0.05) is 49.7 Å². The molecule has 0 N–H and O–H groups in total. The summed E-state index contributed by atoms with van der Waals surface area (Å²) in [6.07, 6.45) is 2.19. The fraction of sp³-hybridized carbons (Fsp3) is 0.333. The Hall–Kier alpha value is -1.96. The number of nitrogens with zero attached hydrogens (tertiary/aromatic N) is 1. The molecule has 2 heteroatoms. The van der Waals surface area contributed by atoms with Crippen LogP contribution >= 0.6 is 0 Å². The summed E-state index contributed by atoms with van der Waals surface area (Å²) in [5.74, 6) is 0.931. The Balaban J connectivity index is 2.17. The molecule has 1 unspecified atom stereocenters. The van der Waals surface area contributed by atoms with Crippen molar-refractivity contribution in [3.8, 4) is 5.75 Å². The van der Waals surface area contributed by atoms with Gasteiger partial charge in [0.1, 0.15) is 5.75 Å². The molecule has 0 fully saturated rings. The van der Waals surface area contributed by atoms with Crippen molar-refractivity contribution in [2.45, 2.75) is 32.9 Å². The highest BCUT2D eigenvalue weighted by Crippen LogP contribution is 2.22. The molecule has 20 heavy (non-hydrogen) atoms. The number of ether oxygens (including phenoxy) is 1. The average Bonchev–Trinajstić information content (AvgIpc) is 2.50. The normalized spacial score (nSPS) is 11.9. The van der Waals surface area contributed by atoms with Gasteiger partial charge in [0.2, 0.25) is 0 Å². The van der Waals surface area contributed by atoms with Crippen LogP contribution in [0.15, 0.2) is 60.7 Å². The zero-order valence-electron chi connectivity index (χ0n) is 12.3. The van der Waals surface area contributed by atoms with E-state index >= 15 is 0 Å². The molecule has 0 radical (unpaired) electrons. The van der Waals surface area contributed by atoms with Gasteiger partial charge in [-0.05, 0) is 31.2 Å². The molecule has 2 aromatic carbocycles. The Kier molecular flexibility index (Phi) is 5.48. The van der Waals surface area contributed by atoms with E-state index in [1.807, 2.05) is 36.4 Å². The van der Waals surface area contributed by atoms with Crippen LogP contribution < -0.4 is 9.64 Å². The van der Waals surface area contributed by atoms with Crippen molar-refractivity contribution < 1.29 is 4.74 Å². The molecule has 0 aliphatic heterocycles. The molecule has 2 aromatic rings. The van der Waals surface area contributed by atoms with E-state index in [0.29, 0.717) is 0 Å². The molecule has 2 nitrogen and oxygen atoms in total. The third-order valence-corrected chi connectivity index (χ3v) is 3.33. The summed E-state index contributed by atoms with van der Waals surface area (Å²) in [5.41, 5.74) is 1.21. The predicted molar refractivity (Wildman–Crippen MR) is 85.2 cm³/mol.